The predicted molar refractivity (Wildman–Crippen MR) is 226 cm³/mol. The summed E-state index contributed by atoms with van der Waals surface area (Å²) in [5, 5.41) is 2.40. The third-order valence-corrected chi connectivity index (χ3v) is 10.3. The minimum atomic E-state index is 0.672. The van der Waals surface area contributed by atoms with Gasteiger partial charge in [-0.3, -0.25) is 4.40 Å². The van der Waals surface area contributed by atoms with Crippen LogP contribution in [0, 0.1) is 0 Å². The third kappa shape index (κ3) is 6.26. The summed E-state index contributed by atoms with van der Waals surface area (Å²) in [5.41, 5.74) is 14.5. The fourth-order valence-corrected chi connectivity index (χ4v) is 7.39. The summed E-state index contributed by atoms with van der Waals surface area (Å²) in [6.45, 7) is 0. The van der Waals surface area contributed by atoms with Crippen LogP contribution in [0.2, 0.25) is 0 Å². The lowest BCUT2D eigenvalue weighted by atomic mass is 10.00. The van der Waals surface area contributed by atoms with Gasteiger partial charge in [-0.25, -0.2) is 15.0 Å². The number of fused-ring (bicyclic) bond motifs is 2. The normalized spacial score (nSPS) is 11.3. The monoisotopic (exact) mass is 702 g/mol. The van der Waals surface area contributed by atoms with E-state index in [0.717, 1.165) is 56.2 Å². The summed E-state index contributed by atoms with van der Waals surface area (Å²) < 4.78 is 2.17. The Labute approximate surface area is 319 Å². The fraction of sp³-hybridized carbons (Fsp3) is 0. The first-order chi connectivity index (χ1) is 27.2. The predicted octanol–water partition coefficient (Wildman–Crippen LogP) is 12.9. The summed E-state index contributed by atoms with van der Waals surface area (Å²) in [6, 6.07) is 70.0. The summed E-state index contributed by atoms with van der Waals surface area (Å²) in [5.74, 6) is 0.672. The molecule has 3 aromatic heterocycles. The van der Waals surface area contributed by atoms with E-state index in [1.165, 1.54) is 33.0 Å². The lowest BCUT2D eigenvalue weighted by Gasteiger charge is -2.12. The minimum absolute atomic E-state index is 0.672. The van der Waals surface area contributed by atoms with Crippen molar-refractivity contribution < 1.29 is 0 Å². The van der Waals surface area contributed by atoms with E-state index >= 15 is 0 Å². The molecule has 0 bridgehead atoms. The van der Waals surface area contributed by atoms with Gasteiger partial charge in [-0.2, -0.15) is 0 Å². The Morgan fingerprint density at radius 3 is 1.40 bits per heavy atom. The molecule has 4 heteroatoms. The molecule has 4 nitrogen and oxygen atoms in total. The summed E-state index contributed by atoms with van der Waals surface area (Å²) in [4.78, 5) is 15.5. The van der Waals surface area contributed by atoms with E-state index in [-0.39, 0.29) is 0 Å². The molecule has 0 fully saturated rings. The van der Waals surface area contributed by atoms with Crippen molar-refractivity contribution in [2.75, 3.05) is 0 Å². The number of aromatic nitrogens is 4. The maximum absolute atomic E-state index is 5.17. The van der Waals surface area contributed by atoms with Gasteiger partial charge in [0.05, 0.1) is 22.8 Å². The molecule has 258 valence electrons. The van der Waals surface area contributed by atoms with Crippen LogP contribution in [-0.2, 0) is 0 Å². The molecule has 0 saturated carbocycles. The number of pyridine rings is 1. The summed E-state index contributed by atoms with van der Waals surface area (Å²) >= 11 is 0. The number of hydrogen-bond donors (Lipinski definition) is 0. The van der Waals surface area contributed by atoms with Crippen molar-refractivity contribution in [2.45, 2.75) is 0 Å². The highest BCUT2D eigenvalue weighted by Crippen LogP contribution is 2.36. The third-order valence-electron chi connectivity index (χ3n) is 10.3. The molecule has 0 aliphatic carbocycles. The summed E-state index contributed by atoms with van der Waals surface area (Å²) in [7, 11) is 0. The van der Waals surface area contributed by atoms with Gasteiger partial charge in [0.1, 0.15) is 5.65 Å². The maximum atomic E-state index is 5.17. The Bertz CT molecular complexity index is 2830. The molecule has 10 aromatic rings. The van der Waals surface area contributed by atoms with Gasteiger partial charge in [0.25, 0.3) is 0 Å². The first-order valence-corrected chi connectivity index (χ1v) is 18.5. The second-order valence-electron chi connectivity index (χ2n) is 13.7. The van der Waals surface area contributed by atoms with E-state index in [1.54, 1.807) is 0 Å². The maximum Gasteiger partial charge on any atom is 0.160 e. The zero-order valence-corrected chi connectivity index (χ0v) is 29.9. The zero-order valence-electron chi connectivity index (χ0n) is 29.9. The highest BCUT2D eigenvalue weighted by Gasteiger charge is 2.18. The molecule has 0 spiro atoms. The van der Waals surface area contributed by atoms with Crippen LogP contribution < -0.4 is 0 Å². The SMILES string of the molecule is c1ccc(-c2ccc(-c3cc(-c4ccc(-c5ccccc5)cc4)nc(-c4ccc(-c5c(-c6ccc7ccccc7c6)nc6ccccn56)cc4)n3)cc2)cc1. The molecular weight excluding hydrogens is 669 g/mol. The van der Waals surface area contributed by atoms with Crippen LogP contribution in [0.3, 0.4) is 0 Å². The standard InChI is InChI=1S/C51H34N4/c1-3-11-35(12-4-1)38-18-23-40(24-19-38)46-34-47(41-25-20-39(21-26-41)36-13-5-2-6-14-36)53-51(52-46)43-29-27-42(28-30-43)50-49(54-48-17-9-10-32-55(48)50)45-31-22-37-15-7-8-16-44(37)33-45/h1-34H. The van der Waals surface area contributed by atoms with Gasteiger partial charge < -0.3 is 0 Å². The van der Waals surface area contributed by atoms with Crippen LogP contribution in [0.15, 0.2) is 206 Å². The number of nitrogens with zero attached hydrogens (tertiary/aromatic N) is 4. The van der Waals surface area contributed by atoms with Gasteiger partial charge in [0, 0.05) is 34.0 Å². The van der Waals surface area contributed by atoms with Crippen molar-refractivity contribution >= 4 is 16.4 Å². The van der Waals surface area contributed by atoms with Crippen molar-refractivity contribution in [2.24, 2.45) is 0 Å². The van der Waals surface area contributed by atoms with Gasteiger partial charge in [0.15, 0.2) is 5.82 Å². The average Bonchev–Trinajstić information content (AvgIpc) is 3.67. The van der Waals surface area contributed by atoms with Crippen LogP contribution >= 0.6 is 0 Å². The molecule has 0 saturated heterocycles. The van der Waals surface area contributed by atoms with E-state index in [2.05, 4.69) is 193 Å². The minimum Gasteiger partial charge on any atom is -0.299 e. The van der Waals surface area contributed by atoms with Crippen LogP contribution in [0.4, 0.5) is 0 Å². The number of rotatable bonds is 7. The first-order valence-electron chi connectivity index (χ1n) is 18.5. The Balaban J connectivity index is 1.06. The lowest BCUT2D eigenvalue weighted by Crippen LogP contribution is -1.96. The van der Waals surface area contributed by atoms with Crippen LogP contribution in [0.5, 0.6) is 0 Å². The van der Waals surface area contributed by atoms with Crippen molar-refractivity contribution in [3.8, 4) is 78.7 Å². The smallest absolute Gasteiger partial charge is 0.160 e. The Kier molecular flexibility index (Phi) is 8.12. The molecular formula is C51H34N4. The van der Waals surface area contributed by atoms with E-state index in [1.807, 2.05) is 18.2 Å². The molecule has 0 atom stereocenters. The molecule has 0 amide bonds. The molecule has 10 rings (SSSR count). The molecule has 0 aliphatic heterocycles. The highest BCUT2D eigenvalue weighted by molar-refractivity contribution is 5.91. The molecule has 7 aromatic carbocycles. The molecule has 0 aliphatic rings. The Morgan fingerprint density at radius 2 is 0.782 bits per heavy atom. The van der Waals surface area contributed by atoms with E-state index in [4.69, 9.17) is 15.0 Å². The highest BCUT2D eigenvalue weighted by atomic mass is 15.0. The van der Waals surface area contributed by atoms with Gasteiger partial charge >= 0.3 is 0 Å². The van der Waals surface area contributed by atoms with Crippen LogP contribution in [0.1, 0.15) is 0 Å². The molecule has 0 radical (unpaired) electrons. The van der Waals surface area contributed by atoms with E-state index in [0.29, 0.717) is 5.82 Å². The van der Waals surface area contributed by atoms with Crippen molar-refractivity contribution in [1.82, 2.24) is 19.4 Å². The second-order valence-corrected chi connectivity index (χ2v) is 13.7. The van der Waals surface area contributed by atoms with E-state index in [9.17, 15) is 0 Å². The number of imidazole rings is 1. The second kappa shape index (κ2) is 13.8. The molecule has 3 heterocycles. The van der Waals surface area contributed by atoms with Crippen molar-refractivity contribution in [3.63, 3.8) is 0 Å². The topological polar surface area (TPSA) is 43.1 Å². The number of benzene rings is 7. The van der Waals surface area contributed by atoms with Crippen molar-refractivity contribution in [1.29, 1.82) is 0 Å². The lowest BCUT2D eigenvalue weighted by molar-refractivity contribution is 1.18. The van der Waals surface area contributed by atoms with Crippen LogP contribution in [0.25, 0.3) is 95.1 Å². The quantitative estimate of drug-likeness (QED) is 0.166. The van der Waals surface area contributed by atoms with E-state index < -0.39 is 0 Å². The van der Waals surface area contributed by atoms with Crippen LogP contribution in [-0.4, -0.2) is 19.4 Å². The van der Waals surface area contributed by atoms with Gasteiger partial charge in [-0.05, 0) is 57.3 Å². The summed E-state index contributed by atoms with van der Waals surface area (Å²) in [6.07, 6.45) is 2.08. The molecule has 0 unspecified atom stereocenters. The molecule has 55 heavy (non-hydrogen) atoms. The van der Waals surface area contributed by atoms with Gasteiger partial charge in [-0.1, -0.05) is 176 Å². The van der Waals surface area contributed by atoms with Gasteiger partial charge in [-0.15, -0.1) is 0 Å². The Morgan fingerprint density at radius 1 is 0.309 bits per heavy atom. The largest absolute Gasteiger partial charge is 0.299 e. The average molecular weight is 703 g/mol. The Hall–Kier alpha value is -7.43. The zero-order chi connectivity index (χ0) is 36.6. The fourth-order valence-electron chi connectivity index (χ4n) is 7.39. The number of hydrogen-bond acceptors (Lipinski definition) is 3. The van der Waals surface area contributed by atoms with Gasteiger partial charge in [0.2, 0.25) is 0 Å². The first kappa shape index (κ1) is 32.2. The molecule has 0 N–H and O–H groups in total. The van der Waals surface area contributed by atoms with Crippen molar-refractivity contribution in [3.05, 3.63) is 206 Å².